The first-order valence-electron chi connectivity index (χ1n) is 11.1. The minimum Gasteiger partial charge on any atom is -0.407 e. The highest BCUT2D eigenvalue weighted by Gasteiger charge is 2.27. The van der Waals surface area contributed by atoms with E-state index in [0.717, 1.165) is 32.2 Å². The largest absolute Gasteiger partial charge is 0.419 e. The Morgan fingerprint density at radius 2 is 2.03 bits per heavy atom. The van der Waals surface area contributed by atoms with Crippen LogP contribution in [-0.2, 0) is 24.2 Å². The van der Waals surface area contributed by atoms with E-state index in [1.165, 1.54) is 33.9 Å². The molecule has 3 aromatic rings. The number of hydrogen-bond acceptors (Lipinski definition) is 5. The third-order valence-electron chi connectivity index (χ3n) is 6.18. The van der Waals surface area contributed by atoms with Crippen molar-refractivity contribution in [1.29, 1.82) is 0 Å². The van der Waals surface area contributed by atoms with Gasteiger partial charge in [-0.1, -0.05) is 31.2 Å². The Kier molecular flexibility index (Phi) is 6.39. The summed E-state index contributed by atoms with van der Waals surface area (Å²) in [7, 11) is 0. The summed E-state index contributed by atoms with van der Waals surface area (Å²) in [5, 5.41) is 10.9. The smallest absolute Gasteiger partial charge is 0.407 e. The van der Waals surface area contributed by atoms with Crippen LogP contribution in [0.5, 0.6) is 0 Å². The van der Waals surface area contributed by atoms with Gasteiger partial charge in [0.25, 0.3) is 5.69 Å². The Labute approximate surface area is 185 Å². The third-order valence-corrected chi connectivity index (χ3v) is 6.18. The first-order chi connectivity index (χ1) is 15.5. The maximum atomic E-state index is 13.1. The fourth-order valence-electron chi connectivity index (χ4n) is 4.61. The van der Waals surface area contributed by atoms with Gasteiger partial charge in [0, 0.05) is 31.6 Å². The summed E-state index contributed by atoms with van der Waals surface area (Å²) in [4.78, 5) is 37.7. The highest BCUT2D eigenvalue weighted by atomic mass is 16.6. The van der Waals surface area contributed by atoms with Gasteiger partial charge in [-0.3, -0.25) is 19.5 Å². The number of oxazole rings is 1. The second-order valence-electron chi connectivity index (χ2n) is 8.28. The summed E-state index contributed by atoms with van der Waals surface area (Å²) in [5.74, 6) is -0.463. The topological polar surface area (TPSA) is 98.6 Å². The van der Waals surface area contributed by atoms with Crippen LogP contribution in [0.2, 0.25) is 0 Å². The number of amides is 1. The van der Waals surface area contributed by atoms with Crippen LogP contribution in [0.15, 0.2) is 51.7 Å². The second-order valence-corrected chi connectivity index (χ2v) is 8.28. The van der Waals surface area contributed by atoms with Gasteiger partial charge >= 0.3 is 5.76 Å². The van der Waals surface area contributed by atoms with Crippen molar-refractivity contribution < 1.29 is 14.1 Å². The van der Waals surface area contributed by atoms with Gasteiger partial charge in [-0.25, -0.2) is 4.79 Å². The molecule has 168 valence electrons. The van der Waals surface area contributed by atoms with Crippen LogP contribution < -0.4 is 5.76 Å². The van der Waals surface area contributed by atoms with Gasteiger partial charge in [-0.2, -0.15) is 0 Å². The van der Waals surface area contributed by atoms with Crippen molar-refractivity contribution in [1.82, 2.24) is 9.47 Å². The van der Waals surface area contributed by atoms with Gasteiger partial charge in [-0.15, -0.1) is 0 Å². The molecule has 0 N–H and O–H groups in total. The average Bonchev–Trinajstić information content (AvgIpc) is 3.11. The maximum absolute atomic E-state index is 13.1. The highest BCUT2D eigenvalue weighted by Crippen LogP contribution is 2.25. The monoisotopic (exact) mass is 437 g/mol. The van der Waals surface area contributed by atoms with Crippen LogP contribution in [0.4, 0.5) is 5.69 Å². The molecule has 8 heteroatoms. The number of fused-ring (bicyclic) bond motifs is 2. The van der Waals surface area contributed by atoms with Gasteiger partial charge in [0.05, 0.1) is 16.5 Å². The SMILES string of the molecule is CCCN(C(=O)CCCn1c(=O)oc2cc([N+](=O)[O-])ccc21)C1CCc2ccccc2C1. The average molecular weight is 437 g/mol. The molecule has 1 amide bonds. The molecule has 0 fully saturated rings. The predicted molar refractivity (Wildman–Crippen MR) is 121 cm³/mol. The standard InChI is InChI=1S/C24H27N3O5/c1-2-13-25(19-10-9-17-6-3-4-7-18(17)15-19)23(28)8-5-14-26-21-12-11-20(27(30)31)16-22(21)32-24(26)29/h3-4,6-7,11-12,16,19H,2,5,8-10,13-15H2,1H3. The molecular formula is C24H27N3O5. The predicted octanol–water partition coefficient (Wildman–Crippen LogP) is 4.08. The molecule has 2 aromatic carbocycles. The lowest BCUT2D eigenvalue weighted by atomic mass is 9.87. The summed E-state index contributed by atoms with van der Waals surface area (Å²) in [6, 6.07) is 12.8. The van der Waals surface area contributed by atoms with Gasteiger partial charge in [0.1, 0.15) is 0 Å². The van der Waals surface area contributed by atoms with Crippen molar-refractivity contribution in [2.24, 2.45) is 0 Å². The van der Waals surface area contributed by atoms with E-state index in [4.69, 9.17) is 4.42 Å². The molecule has 32 heavy (non-hydrogen) atoms. The molecule has 1 atom stereocenters. The van der Waals surface area contributed by atoms with Gasteiger partial charge < -0.3 is 9.32 Å². The van der Waals surface area contributed by atoms with E-state index in [0.29, 0.717) is 24.9 Å². The lowest BCUT2D eigenvalue weighted by Crippen LogP contribution is -2.43. The fourth-order valence-corrected chi connectivity index (χ4v) is 4.61. The number of nitro groups is 1. The molecule has 8 nitrogen and oxygen atoms in total. The van der Waals surface area contributed by atoms with Crippen molar-refractivity contribution in [3.63, 3.8) is 0 Å². The Balaban J connectivity index is 1.42. The minimum atomic E-state index is -0.567. The molecule has 0 aliphatic heterocycles. The minimum absolute atomic E-state index is 0.104. The Morgan fingerprint density at radius 3 is 2.78 bits per heavy atom. The molecule has 4 rings (SSSR count). The number of benzene rings is 2. The van der Waals surface area contributed by atoms with E-state index >= 15 is 0 Å². The molecule has 0 radical (unpaired) electrons. The zero-order valence-electron chi connectivity index (χ0n) is 18.2. The third kappa shape index (κ3) is 4.44. The molecule has 1 unspecified atom stereocenters. The van der Waals surface area contributed by atoms with E-state index in [-0.39, 0.29) is 23.2 Å². The van der Waals surface area contributed by atoms with Gasteiger partial charge in [-0.05, 0) is 49.3 Å². The molecule has 1 aromatic heterocycles. The van der Waals surface area contributed by atoms with Crippen LogP contribution >= 0.6 is 0 Å². The van der Waals surface area contributed by atoms with Crippen molar-refractivity contribution in [2.75, 3.05) is 6.54 Å². The van der Waals surface area contributed by atoms with Crippen molar-refractivity contribution in [3.8, 4) is 0 Å². The zero-order chi connectivity index (χ0) is 22.7. The first-order valence-corrected chi connectivity index (χ1v) is 11.1. The molecular weight excluding hydrogens is 410 g/mol. The van der Waals surface area contributed by atoms with E-state index < -0.39 is 10.7 Å². The number of nitrogens with zero attached hydrogens (tertiary/aromatic N) is 3. The molecule has 0 spiro atoms. The molecule has 1 aliphatic rings. The zero-order valence-corrected chi connectivity index (χ0v) is 18.2. The van der Waals surface area contributed by atoms with Crippen LogP contribution in [-0.4, -0.2) is 32.9 Å². The molecule has 0 bridgehead atoms. The summed E-state index contributed by atoms with van der Waals surface area (Å²) >= 11 is 0. The number of aryl methyl sites for hydroxylation is 2. The lowest BCUT2D eigenvalue weighted by Gasteiger charge is -2.35. The quantitative estimate of drug-likeness (QED) is 0.391. The first kappa shape index (κ1) is 21.8. The van der Waals surface area contributed by atoms with Crippen molar-refractivity contribution in [3.05, 3.63) is 74.3 Å². The molecule has 1 aliphatic carbocycles. The van der Waals surface area contributed by atoms with Crippen molar-refractivity contribution >= 4 is 22.7 Å². The number of rotatable bonds is 8. The van der Waals surface area contributed by atoms with Gasteiger partial charge in [0.2, 0.25) is 5.91 Å². The molecule has 0 saturated heterocycles. The summed E-state index contributed by atoms with van der Waals surface area (Å²) < 4.78 is 6.61. The number of carbonyl (C=O) groups is 1. The van der Waals surface area contributed by atoms with Crippen LogP contribution in [0.1, 0.15) is 43.7 Å². The number of carbonyl (C=O) groups excluding carboxylic acids is 1. The van der Waals surface area contributed by atoms with E-state index in [1.54, 1.807) is 0 Å². The molecule has 1 heterocycles. The van der Waals surface area contributed by atoms with Crippen molar-refractivity contribution in [2.45, 2.75) is 58.0 Å². The van der Waals surface area contributed by atoms with E-state index in [1.807, 2.05) is 4.90 Å². The fraction of sp³-hybridized carbons (Fsp3) is 0.417. The highest BCUT2D eigenvalue weighted by molar-refractivity contribution is 5.77. The lowest BCUT2D eigenvalue weighted by molar-refractivity contribution is -0.384. The number of aromatic nitrogens is 1. The van der Waals surface area contributed by atoms with Gasteiger partial charge in [0.15, 0.2) is 5.58 Å². The van der Waals surface area contributed by atoms with Crippen LogP contribution in [0.3, 0.4) is 0 Å². The van der Waals surface area contributed by atoms with Crippen LogP contribution in [0.25, 0.3) is 11.1 Å². The second kappa shape index (κ2) is 9.38. The number of nitro benzene ring substituents is 1. The number of hydrogen-bond donors (Lipinski definition) is 0. The van der Waals surface area contributed by atoms with Crippen LogP contribution in [0, 0.1) is 10.1 Å². The Bertz CT molecular complexity index is 1200. The number of non-ortho nitro benzene ring substituents is 1. The molecule has 0 saturated carbocycles. The summed E-state index contributed by atoms with van der Waals surface area (Å²) in [6.45, 7) is 3.13. The Morgan fingerprint density at radius 1 is 1.25 bits per heavy atom. The summed E-state index contributed by atoms with van der Waals surface area (Å²) in [5.41, 5.74) is 3.26. The van der Waals surface area contributed by atoms with E-state index in [2.05, 4.69) is 31.2 Å². The Hall–Kier alpha value is -3.42. The van der Waals surface area contributed by atoms with E-state index in [9.17, 15) is 19.7 Å². The summed E-state index contributed by atoms with van der Waals surface area (Å²) in [6.07, 6.45) is 4.56. The maximum Gasteiger partial charge on any atom is 0.419 e. The normalized spacial score (nSPS) is 15.5.